The lowest BCUT2D eigenvalue weighted by molar-refractivity contribution is 0.0953. The van der Waals surface area contributed by atoms with E-state index in [1.54, 1.807) is 18.0 Å². The van der Waals surface area contributed by atoms with E-state index in [1.165, 1.54) is 5.56 Å². The Kier molecular flexibility index (Phi) is 2.45. The molecule has 0 fully saturated rings. The molecule has 4 nitrogen and oxygen atoms in total. The molecule has 5 heteroatoms. The summed E-state index contributed by atoms with van der Waals surface area (Å²) in [7, 11) is 0. The maximum atomic E-state index is 11.2. The van der Waals surface area contributed by atoms with Gasteiger partial charge in [-0.05, 0) is 36.6 Å². The fraction of sp³-hybridized carbons (Fsp3) is 0.222. The summed E-state index contributed by atoms with van der Waals surface area (Å²) in [4.78, 5) is 12.3. The van der Waals surface area contributed by atoms with E-state index in [1.807, 2.05) is 12.1 Å². The first-order valence-corrected chi connectivity index (χ1v) is 5.11. The number of carbonyl (C=O) groups is 1. The quantitative estimate of drug-likeness (QED) is 0.279. The van der Waals surface area contributed by atoms with Crippen LogP contribution in [0, 0.1) is 0 Å². The Hall–Kier alpha value is -1.04. The molecule has 0 radical (unpaired) electrons. The Bertz CT molecular complexity index is 380. The third-order valence-corrected chi connectivity index (χ3v) is 3.26. The summed E-state index contributed by atoms with van der Waals surface area (Å²) in [6.45, 7) is 2.08. The van der Waals surface area contributed by atoms with Gasteiger partial charge < -0.3 is 0 Å². The van der Waals surface area contributed by atoms with Crippen molar-refractivity contribution >= 4 is 17.9 Å². The second kappa shape index (κ2) is 3.61. The van der Waals surface area contributed by atoms with Crippen molar-refractivity contribution in [2.24, 2.45) is 5.84 Å². The zero-order valence-corrected chi connectivity index (χ0v) is 8.52. The van der Waals surface area contributed by atoms with Crippen LogP contribution >= 0.6 is 11.9 Å². The van der Waals surface area contributed by atoms with Crippen molar-refractivity contribution in [1.29, 1.82) is 0 Å². The second-order valence-electron chi connectivity index (χ2n) is 3.17. The molecule has 14 heavy (non-hydrogen) atoms. The predicted octanol–water partition coefficient (Wildman–Crippen LogP) is 0.961. The first-order valence-electron chi connectivity index (χ1n) is 4.29. The first-order chi connectivity index (χ1) is 6.72. The Morgan fingerprint density at radius 2 is 2.43 bits per heavy atom. The van der Waals surface area contributed by atoms with E-state index < -0.39 is 0 Å². The molecule has 1 aliphatic heterocycles. The molecule has 1 atom stereocenters. The number of hydrogen-bond acceptors (Lipinski definition) is 4. The largest absolute Gasteiger partial charge is 0.290 e. The smallest absolute Gasteiger partial charge is 0.265 e. The van der Waals surface area contributed by atoms with E-state index in [-0.39, 0.29) is 5.91 Å². The minimum atomic E-state index is -0.257. The van der Waals surface area contributed by atoms with Crippen LogP contribution in [0.2, 0.25) is 0 Å². The van der Waals surface area contributed by atoms with E-state index in [2.05, 4.69) is 17.1 Å². The molecule has 2 rings (SSSR count). The van der Waals surface area contributed by atoms with Gasteiger partial charge in [-0.1, -0.05) is 6.07 Å². The van der Waals surface area contributed by atoms with Crippen LogP contribution in [-0.4, -0.2) is 5.91 Å². The van der Waals surface area contributed by atoms with Gasteiger partial charge >= 0.3 is 0 Å². The van der Waals surface area contributed by atoms with E-state index in [0.29, 0.717) is 11.6 Å². The minimum absolute atomic E-state index is 0.257. The lowest BCUT2D eigenvalue weighted by Crippen LogP contribution is -2.29. The van der Waals surface area contributed by atoms with Crippen LogP contribution in [0.1, 0.15) is 28.9 Å². The highest BCUT2D eigenvalue weighted by Gasteiger charge is 2.19. The third kappa shape index (κ3) is 1.50. The van der Waals surface area contributed by atoms with Crippen molar-refractivity contribution < 1.29 is 4.79 Å². The van der Waals surface area contributed by atoms with Crippen molar-refractivity contribution in [1.82, 2.24) is 10.1 Å². The van der Waals surface area contributed by atoms with Gasteiger partial charge in [-0.3, -0.25) is 14.9 Å². The Labute approximate surface area is 86.4 Å². The molecule has 0 spiro atoms. The summed E-state index contributed by atoms with van der Waals surface area (Å²) in [6.07, 6.45) is 0. The molecule has 0 aromatic heterocycles. The van der Waals surface area contributed by atoms with Crippen LogP contribution < -0.4 is 16.0 Å². The molecule has 0 saturated heterocycles. The summed E-state index contributed by atoms with van der Waals surface area (Å²) >= 11 is 1.55. The number of hydrogen-bond donors (Lipinski definition) is 3. The number of nitrogens with one attached hydrogen (secondary N) is 2. The molecule has 1 aliphatic rings. The molecule has 1 unspecified atom stereocenters. The highest BCUT2D eigenvalue weighted by atomic mass is 32.2. The molecule has 1 aromatic carbocycles. The van der Waals surface area contributed by atoms with E-state index in [0.717, 1.165) is 4.90 Å². The maximum absolute atomic E-state index is 11.2. The molecule has 0 saturated carbocycles. The molecule has 74 valence electrons. The number of amides is 1. The predicted molar refractivity (Wildman–Crippen MR) is 55.5 cm³/mol. The summed E-state index contributed by atoms with van der Waals surface area (Å²) in [5.74, 6) is 4.80. The monoisotopic (exact) mass is 209 g/mol. The molecular formula is C9H11N3OS. The van der Waals surface area contributed by atoms with Gasteiger partial charge in [0.15, 0.2) is 0 Å². The van der Waals surface area contributed by atoms with Gasteiger partial charge in [0.05, 0.1) is 0 Å². The summed E-state index contributed by atoms with van der Waals surface area (Å²) in [6, 6.07) is 5.92. The van der Waals surface area contributed by atoms with Gasteiger partial charge in [-0.15, -0.1) is 0 Å². The van der Waals surface area contributed by atoms with Crippen LogP contribution in [0.5, 0.6) is 0 Å². The van der Waals surface area contributed by atoms with Gasteiger partial charge in [0.1, 0.15) is 0 Å². The average molecular weight is 209 g/mol. The molecule has 0 bridgehead atoms. The Morgan fingerprint density at radius 1 is 1.64 bits per heavy atom. The highest BCUT2D eigenvalue weighted by Crippen LogP contribution is 2.34. The number of nitrogens with two attached hydrogens (primary N) is 1. The number of rotatable bonds is 1. The summed E-state index contributed by atoms with van der Waals surface area (Å²) in [5, 5.41) is 0. The Morgan fingerprint density at radius 3 is 3.14 bits per heavy atom. The van der Waals surface area contributed by atoms with Gasteiger partial charge in [0.2, 0.25) is 0 Å². The number of hydrazine groups is 1. The summed E-state index contributed by atoms with van der Waals surface area (Å²) < 4.78 is 3.22. The minimum Gasteiger partial charge on any atom is -0.290 e. The standard InChI is InChI=1S/C9H11N3OS/c1-5-7-3-2-6(9(13)11-10)4-8(7)14-12-5/h2-5,12H,10H2,1H3,(H,11,13). The fourth-order valence-electron chi connectivity index (χ4n) is 1.42. The van der Waals surface area contributed by atoms with Gasteiger partial charge in [-0.25, -0.2) is 5.84 Å². The van der Waals surface area contributed by atoms with E-state index in [9.17, 15) is 4.79 Å². The van der Waals surface area contributed by atoms with Crippen molar-refractivity contribution in [3.8, 4) is 0 Å². The van der Waals surface area contributed by atoms with E-state index >= 15 is 0 Å². The lowest BCUT2D eigenvalue weighted by atomic mass is 10.1. The average Bonchev–Trinajstić information content (AvgIpc) is 2.59. The first kappa shape index (κ1) is 9.51. The van der Waals surface area contributed by atoms with Gasteiger partial charge in [-0.2, -0.15) is 0 Å². The van der Waals surface area contributed by atoms with Crippen molar-refractivity contribution in [3.05, 3.63) is 29.3 Å². The van der Waals surface area contributed by atoms with Crippen LogP contribution in [0.25, 0.3) is 0 Å². The third-order valence-electron chi connectivity index (χ3n) is 2.22. The molecule has 4 N–H and O–H groups in total. The van der Waals surface area contributed by atoms with Crippen LogP contribution in [-0.2, 0) is 0 Å². The fourth-order valence-corrected chi connectivity index (χ4v) is 2.40. The van der Waals surface area contributed by atoms with Crippen LogP contribution in [0.15, 0.2) is 23.1 Å². The van der Waals surface area contributed by atoms with Crippen molar-refractivity contribution in [3.63, 3.8) is 0 Å². The molecular weight excluding hydrogens is 198 g/mol. The van der Waals surface area contributed by atoms with E-state index in [4.69, 9.17) is 5.84 Å². The SMILES string of the molecule is CC1NSc2cc(C(=O)NN)ccc21. The van der Waals surface area contributed by atoms with Crippen LogP contribution in [0.3, 0.4) is 0 Å². The molecule has 0 aliphatic carbocycles. The maximum Gasteiger partial charge on any atom is 0.265 e. The number of benzene rings is 1. The van der Waals surface area contributed by atoms with Gasteiger partial charge in [0, 0.05) is 16.5 Å². The zero-order valence-electron chi connectivity index (χ0n) is 7.70. The zero-order chi connectivity index (χ0) is 10.1. The number of fused-ring (bicyclic) bond motifs is 1. The normalized spacial score (nSPS) is 19.1. The number of nitrogen functional groups attached to an aromatic ring is 1. The number of carbonyl (C=O) groups excluding carboxylic acids is 1. The second-order valence-corrected chi connectivity index (χ2v) is 4.05. The topological polar surface area (TPSA) is 67.2 Å². The molecule has 1 heterocycles. The molecule has 1 amide bonds. The lowest BCUT2D eigenvalue weighted by Gasteiger charge is -2.04. The molecule has 1 aromatic rings. The highest BCUT2D eigenvalue weighted by molar-refractivity contribution is 7.97. The van der Waals surface area contributed by atoms with Gasteiger partial charge in [0.25, 0.3) is 5.91 Å². The Balaban J connectivity index is 2.37. The summed E-state index contributed by atoms with van der Waals surface area (Å²) in [5.41, 5.74) is 3.93. The van der Waals surface area contributed by atoms with Crippen molar-refractivity contribution in [2.45, 2.75) is 17.9 Å². The van der Waals surface area contributed by atoms with Crippen LogP contribution in [0.4, 0.5) is 0 Å². The van der Waals surface area contributed by atoms with Crippen molar-refractivity contribution in [2.75, 3.05) is 0 Å².